The number of carbonyl (C=O) groups is 2. The quantitative estimate of drug-likeness (QED) is 0.709. The van der Waals surface area contributed by atoms with Gasteiger partial charge in [0.2, 0.25) is 0 Å². The number of urea groups is 1. The van der Waals surface area contributed by atoms with E-state index in [1.54, 1.807) is 43.3 Å². The number of benzene rings is 2. The molecule has 28 heavy (non-hydrogen) atoms. The summed E-state index contributed by atoms with van der Waals surface area (Å²) in [5.41, 5.74) is 3.31. The van der Waals surface area contributed by atoms with E-state index in [0.717, 1.165) is 5.56 Å². The van der Waals surface area contributed by atoms with Crippen LogP contribution in [0.25, 0.3) is 11.1 Å². The molecule has 1 heterocycles. The molecule has 3 aromatic rings. The lowest BCUT2D eigenvalue weighted by Gasteiger charge is -2.13. The fourth-order valence-electron chi connectivity index (χ4n) is 2.53. The molecule has 8 nitrogen and oxygen atoms in total. The van der Waals surface area contributed by atoms with Crippen molar-refractivity contribution in [3.05, 3.63) is 53.6 Å². The van der Waals surface area contributed by atoms with Crippen molar-refractivity contribution in [2.24, 2.45) is 0 Å². The zero-order chi connectivity index (χ0) is 20.3. The second-order valence-electron chi connectivity index (χ2n) is 6.78. The Kier molecular flexibility index (Phi) is 5.49. The Labute approximate surface area is 163 Å². The molecule has 2 N–H and O–H groups in total. The highest BCUT2D eigenvalue weighted by Gasteiger charge is 2.12. The second kappa shape index (κ2) is 7.99. The van der Waals surface area contributed by atoms with Gasteiger partial charge < -0.3 is 24.9 Å². The van der Waals surface area contributed by atoms with Crippen molar-refractivity contribution in [1.82, 2.24) is 15.2 Å². The molecular formula is C20H23N5O3. The molecule has 0 aliphatic heterocycles. The van der Waals surface area contributed by atoms with E-state index in [0.29, 0.717) is 34.9 Å². The SMILES string of the molecule is CN(C)C(=O)Nc1cccc(CNC(=O)c2ccc3oc(N(C)C)nc3c2)c1. The first-order valence-electron chi connectivity index (χ1n) is 8.77. The Morgan fingerprint density at radius 1 is 1.07 bits per heavy atom. The highest BCUT2D eigenvalue weighted by atomic mass is 16.4. The Hall–Kier alpha value is -3.55. The highest BCUT2D eigenvalue weighted by Crippen LogP contribution is 2.21. The predicted octanol–water partition coefficient (Wildman–Crippen LogP) is 2.92. The molecule has 2 aromatic carbocycles. The van der Waals surface area contributed by atoms with Crippen LogP contribution in [0.2, 0.25) is 0 Å². The second-order valence-corrected chi connectivity index (χ2v) is 6.78. The fourth-order valence-corrected chi connectivity index (χ4v) is 2.53. The Morgan fingerprint density at radius 3 is 2.57 bits per heavy atom. The molecule has 0 saturated carbocycles. The van der Waals surface area contributed by atoms with Gasteiger partial charge in [0.05, 0.1) is 0 Å². The molecule has 8 heteroatoms. The van der Waals surface area contributed by atoms with Crippen LogP contribution in [0.3, 0.4) is 0 Å². The van der Waals surface area contributed by atoms with Crippen LogP contribution < -0.4 is 15.5 Å². The van der Waals surface area contributed by atoms with Gasteiger partial charge in [-0.1, -0.05) is 12.1 Å². The summed E-state index contributed by atoms with van der Waals surface area (Å²) in [5, 5.41) is 5.67. The fraction of sp³-hybridized carbons (Fsp3) is 0.250. The van der Waals surface area contributed by atoms with Crippen molar-refractivity contribution < 1.29 is 14.0 Å². The topological polar surface area (TPSA) is 90.7 Å². The Bertz CT molecular complexity index is 1010. The minimum absolute atomic E-state index is 0.209. The molecule has 0 saturated heterocycles. The van der Waals surface area contributed by atoms with Crippen molar-refractivity contribution in [3.8, 4) is 0 Å². The number of carbonyl (C=O) groups excluding carboxylic acids is 2. The van der Waals surface area contributed by atoms with Crippen molar-refractivity contribution in [3.63, 3.8) is 0 Å². The smallest absolute Gasteiger partial charge is 0.321 e. The number of rotatable bonds is 5. The third-order valence-electron chi connectivity index (χ3n) is 4.06. The van der Waals surface area contributed by atoms with Gasteiger partial charge in [-0.25, -0.2) is 4.79 Å². The van der Waals surface area contributed by atoms with Crippen molar-refractivity contribution in [2.75, 3.05) is 38.4 Å². The lowest BCUT2D eigenvalue weighted by molar-refractivity contribution is 0.0951. The summed E-state index contributed by atoms with van der Waals surface area (Å²) in [7, 11) is 7.03. The summed E-state index contributed by atoms with van der Waals surface area (Å²) in [6.45, 7) is 0.338. The first-order chi connectivity index (χ1) is 13.3. The third kappa shape index (κ3) is 4.40. The zero-order valence-electron chi connectivity index (χ0n) is 16.3. The number of hydrogen-bond donors (Lipinski definition) is 2. The number of anilines is 2. The van der Waals surface area contributed by atoms with Crippen LogP contribution in [0.5, 0.6) is 0 Å². The summed E-state index contributed by atoms with van der Waals surface area (Å²) in [5.74, 6) is -0.209. The minimum atomic E-state index is -0.209. The maximum atomic E-state index is 12.5. The van der Waals surface area contributed by atoms with E-state index in [-0.39, 0.29) is 11.9 Å². The first kappa shape index (κ1) is 19.2. The number of nitrogens with one attached hydrogen (secondary N) is 2. The molecule has 0 unspecified atom stereocenters. The van der Waals surface area contributed by atoms with Gasteiger partial charge >= 0.3 is 6.03 Å². The first-order valence-corrected chi connectivity index (χ1v) is 8.77. The number of fused-ring (bicyclic) bond motifs is 1. The van der Waals surface area contributed by atoms with Gasteiger partial charge in [-0.3, -0.25) is 4.79 Å². The van der Waals surface area contributed by atoms with Crippen molar-refractivity contribution >= 4 is 34.7 Å². The minimum Gasteiger partial charge on any atom is -0.423 e. The van der Waals surface area contributed by atoms with Crippen LogP contribution in [0.4, 0.5) is 16.5 Å². The van der Waals surface area contributed by atoms with Gasteiger partial charge in [-0.15, -0.1) is 0 Å². The van der Waals surface area contributed by atoms with E-state index >= 15 is 0 Å². The molecule has 0 radical (unpaired) electrons. The highest BCUT2D eigenvalue weighted by molar-refractivity contribution is 5.97. The van der Waals surface area contributed by atoms with E-state index in [4.69, 9.17) is 4.42 Å². The van der Waals surface area contributed by atoms with Crippen LogP contribution >= 0.6 is 0 Å². The molecule has 0 aliphatic carbocycles. The number of hydrogen-bond acceptors (Lipinski definition) is 5. The molecule has 0 spiro atoms. The molecule has 0 fully saturated rings. The number of amides is 3. The average molecular weight is 381 g/mol. The van der Waals surface area contributed by atoms with Crippen molar-refractivity contribution in [2.45, 2.75) is 6.54 Å². The Balaban J connectivity index is 1.67. The summed E-state index contributed by atoms with van der Waals surface area (Å²) in [6, 6.07) is 12.8. The molecule has 0 aliphatic rings. The van der Waals surface area contributed by atoms with E-state index in [9.17, 15) is 9.59 Å². The Morgan fingerprint density at radius 2 is 1.86 bits per heavy atom. The maximum Gasteiger partial charge on any atom is 0.321 e. The monoisotopic (exact) mass is 381 g/mol. The van der Waals surface area contributed by atoms with Crippen LogP contribution in [-0.4, -0.2) is 50.0 Å². The van der Waals surface area contributed by atoms with Gasteiger partial charge in [0.1, 0.15) is 5.52 Å². The van der Waals surface area contributed by atoms with E-state index in [2.05, 4.69) is 15.6 Å². The molecule has 3 rings (SSSR count). The van der Waals surface area contributed by atoms with Crippen LogP contribution in [0.15, 0.2) is 46.9 Å². The van der Waals surface area contributed by atoms with Crippen LogP contribution in [-0.2, 0) is 6.54 Å². The number of oxazole rings is 1. The lowest BCUT2D eigenvalue weighted by atomic mass is 10.1. The largest absolute Gasteiger partial charge is 0.423 e. The molecule has 0 atom stereocenters. The molecule has 0 bridgehead atoms. The summed E-state index contributed by atoms with van der Waals surface area (Å²) in [4.78, 5) is 31.8. The third-order valence-corrected chi connectivity index (χ3v) is 4.06. The molecule has 1 aromatic heterocycles. The standard InChI is InChI=1S/C20H23N5O3/c1-24(2)19(27)22-15-7-5-6-13(10-15)12-21-18(26)14-8-9-17-16(11-14)23-20(28-17)25(3)4/h5-11H,12H2,1-4H3,(H,21,26)(H,22,27). The summed E-state index contributed by atoms with van der Waals surface area (Å²) >= 11 is 0. The van der Waals surface area contributed by atoms with Gasteiger partial charge in [0.15, 0.2) is 5.58 Å². The van der Waals surface area contributed by atoms with E-state index in [1.165, 1.54) is 4.90 Å². The lowest BCUT2D eigenvalue weighted by Crippen LogP contribution is -2.27. The number of aromatic nitrogens is 1. The van der Waals surface area contributed by atoms with Gasteiger partial charge in [0.25, 0.3) is 11.9 Å². The molecular weight excluding hydrogens is 358 g/mol. The van der Waals surface area contributed by atoms with Crippen LogP contribution in [0, 0.1) is 0 Å². The summed E-state index contributed by atoms with van der Waals surface area (Å²) in [6.07, 6.45) is 0. The maximum absolute atomic E-state index is 12.5. The van der Waals surface area contributed by atoms with Crippen LogP contribution in [0.1, 0.15) is 15.9 Å². The molecule has 3 amide bonds. The predicted molar refractivity (Wildman–Crippen MR) is 109 cm³/mol. The van der Waals surface area contributed by atoms with Gasteiger partial charge in [-0.05, 0) is 35.9 Å². The van der Waals surface area contributed by atoms with Crippen molar-refractivity contribution in [1.29, 1.82) is 0 Å². The summed E-state index contributed by atoms with van der Waals surface area (Å²) < 4.78 is 5.60. The molecule has 146 valence electrons. The normalized spacial score (nSPS) is 10.6. The average Bonchev–Trinajstić information content (AvgIpc) is 3.10. The van der Waals surface area contributed by atoms with E-state index < -0.39 is 0 Å². The number of nitrogens with zero attached hydrogens (tertiary/aromatic N) is 3. The van der Waals surface area contributed by atoms with Gasteiger partial charge in [0, 0.05) is 46.0 Å². The van der Waals surface area contributed by atoms with Gasteiger partial charge in [-0.2, -0.15) is 4.98 Å². The van der Waals surface area contributed by atoms with E-state index in [1.807, 2.05) is 32.3 Å². The zero-order valence-corrected chi connectivity index (χ0v) is 16.3.